The number of hydrogen-bond acceptors (Lipinski definition) is 3. The summed E-state index contributed by atoms with van der Waals surface area (Å²) in [4.78, 5) is 14.5. The van der Waals surface area contributed by atoms with Crippen LogP contribution in [0.4, 0.5) is 13.2 Å². The number of aromatic nitrogens is 1. The summed E-state index contributed by atoms with van der Waals surface area (Å²) in [6.45, 7) is 0. The van der Waals surface area contributed by atoms with Crippen molar-refractivity contribution in [2.75, 3.05) is 0 Å². The van der Waals surface area contributed by atoms with E-state index in [1.54, 1.807) is 24.3 Å². The van der Waals surface area contributed by atoms with Crippen LogP contribution < -0.4 is 15.4 Å². The van der Waals surface area contributed by atoms with Crippen molar-refractivity contribution in [2.24, 2.45) is 0 Å². The van der Waals surface area contributed by atoms with Crippen LogP contribution in [-0.4, -0.2) is 29.0 Å². The van der Waals surface area contributed by atoms with Crippen LogP contribution in [0.5, 0.6) is 11.6 Å². The molecule has 2 aliphatic heterocycles. The average molecular weight is 365 g/mol. The van der Waals surface area contributed by atoms with Gasteiger partial charge < -0.3 is 20.4 Å². The SMILES string of the molecule is O=C(NC1CC2CCC1N2)c1ccc(Oc2ccc(C(F)(F)F)[nH]2)cc1. The summed E-state index contributed by atoms with van der Waals surface area (Å²) in [5.74, 6) is 0.177. The van der Waals surface area contributed by atoms with Crippen LogP contribution in [0.3, 0.4) is 0 Å². The van der Waals surface area contributed by atoms with Crippen molar-refractivity contribution in [3.8, 4) is 11.6 Å². The first-order chi connectivity index (χ1) is 12.4. The number of nitrogens with one attached hydrogen (secondary N) is 3. The Morgan fingerprint density at radius 2 is 1.88 bits per heavy atom. The van der Waals surface area contributed by atoms with Gasteiger partial charge in [-0.3, -0.25) is 4.79 Å². The Labute approximate surface area is 147 Å². The Balaban J connectivity index is 1.37. The zero-order valence-electron chi connectivity index (χ0n) is 13.8. The van der Waals surface area contributed by atoms with Crippen molar-refractivity contribution in [1.29, 1.82) is 0 Å². The Kier molecular flexibility index (Phi) is 4.14. The number of benzene rings is 1. The Hall–Kier alpha value is -2.48. The molecular formula is C18H18F3N3O2. The molecule has 5 nitrogen and oxygen atoms in total. The largest absolute Gasteiger partial charge is 0.441 e. The summed E-state index contributed by atoms with van der Waals surface area (Å²) in [5, 5.41) is 6.51. The molecule has 4 rings (SSSR count). The summed E-state index contributed by atoms with van der Waals surface area (Å²) < 4.78 is 43.1. The molecule has 8 heteroatoms. The number of fused-ring (bicyclic) bond motifs is 2. The van der Waals surface area contributed by atoms with E-state index < -0.39 is 11.9 Å². The minimum absolute atomic E-state index is 0.0115. The molecule has 26 heavy (non-hydrogen) atoms. The third-order valence-electron chi connectivity index (χ3n) is 4.93. The number of carbonyl (C=O) groups is 1. The highest BCUT2D eigenvalue weighted by Gasteiger charge is 2.39. The second-order valence-corrected chi connectivity index (χ2v) is 6.72. The molecule has 0 saturated carbocycles. The summed E-state index contributed by atoms with van der Waals surface area (Å²) in [5.41, 5.74) is -0.384. The van der Waals surface area contributed by atoms with Gasteiger partial charge in [0.1, 0.15) is 11.4 Å². The van der Waals surface area contributed by atoms with E-state index in [0.29, 0.717) is 23.4 Å². The Morgan fingerprint density at radius 3 is 2.46 bits per heavy atom. The molecule has 2 aromatic rings. The molecule has 1 aromatic carbocycles. The van der Waals surface area contributed by atoms with Crippen molar-refractivity contribution in [1.82, 2.24) is 15.6 Å². The van der Waals surface area contributed by atoms with E-state index in [4.69, 9.17) is 4.74 Å². The van der Waals surface area contributed by atoms with E-state index >= 15 is 0 Å². The molecule has 1 aromatic heterocycles. The molecule has 3 unspecified atom stereocenters. The van der Waals surface area contributed by atoms with Crippen molar-refractivity contribution >= 4 is 5.91 Å². The lowest BCUT2D eigenvalue weighted by Crippen LogP contribution is -2.42. The summed E-state index contributed by atoms with van der Waals surface area (Å²) in [6.07, 6.45) is -1.25. The van der Waals surface area contributed by atoms with Crippen molar-refractivity contribution in [2.45, 2.75) is 43.6 Å². The van der Waals surface area contributed by atoms with Crippen LogP contribution >= 0.6 is 0 Å². The zero-order chi connectivity index (χ0) is 18.3. The van der Waals surface area contributed by atoms with Crippen LogP contribution in [0.25, 0.3) is 0 Å². The van der Waals surface area contributed by atoms with E-state index in [2.05, 4.69) is 15.6 Å². The van der Waals surface area contributed by atoms with E-state index in [-0.39, 0.29) is 17.8 Å². The molecule has 0 radical (unpaired) electrons. The van der Waals surface area contributed by atoms with Crippen LogP contribution in [-0.2, 0) is 6.18 Å². The lowest BCUT2D eigenvalue weighted by atomic mass is 9.95. The molecule has 1 amide bonds. The molecule has 2 saturated heterocycles. The lowest BCUT2D eigenvalue weighted by molar-refractivity contribution is -0.140. The number of alkyl halides is 3. The maximum atomic E-state index is 12.6. The molecule has 2 bridgehead atoms. The van der Waals surface area contributed by atoms with Gasteiger partial charge in [-0.25, -0.2) is 0 Å². The smallest absolute Gasteiger partial charge is 0.431 e. The van der Waals surface area contributed by atoms with Gasteiger partial charge in [0.25, 0.3) is 5.91 Å². The Morgan fingerprint density at radius 1 is 1.12 bits per heavy atom. The first-order valence-electron chi connectivity index (χ1n) is 8.49. The summed E-state index contributed by atoms with van der Waals surface area (Å²) >= 11 is 0. The molecule has 138 valence electrons. The third kappa shape index (κ3) is 3.41. The number of H-pyrrole nitrogens is 1. The maximum Gasteiger partial charge on any atom is 0.431 e. The number of aromatic amines is 1. The van der Waals surface area contributed by atoms with Gasteiger partial charge in [-0.1, -0.05) is 0 Å². The number of rotatable bonds is 4. The topological polar surface area (TPSA) is 66.2 Å². The highest BCUT2D eigenvalue weighted by Crippen LogP contribution is 2.31. The monoisotopic (exact) mass is 365 g/mol. The minimum atomic E-state index is -4.45. The summed E-state index contributed by atoms with van der Waals surface area (Å²) in [7, 11) is 0. The highest BCUT2D eigenvalue weighted by atomic mass is 19.4. The first-order valence-corrected chi connectivity index (χ1v) is 8.49. The fourth-order valence-electron chi connectivity index (χ4n) is 3.64. The number of amides is 1. The third-order valence-corrected chi connectivity index (χ3v) is 4.93. The van der Waals surface area contributed by atoms with E-state index in [1.807, 2.05) is 0 Å². The van der Waals surface area contributed by atoms with Gasteiger partial charge in [-0.05, 0) is 49.6 Å². The number of carbonyl (C=O) groups excluding carboxylic acids is 1. The molecule has 3 atom stereocenters. The van der Waals surface area contributed by atoms with Gasteiger partial charge in [0, 0.05) is 29.8 Å². The minimum Gasteiger partial charge on any atom is -0.441 e. The molecule has 2 fully saturated rings. The van der Waals surface area contributed by atoms with Crippen molar-refractivity contribution in [3.05, 3.63) is 47.7 Å². The van der Waals surface area contributed by atoms with Gasteiger partial charge in [-0.2, -0.15) is 13.2 Å². The second-order valence-electron chi connectivity index (χ2n) is 6.72. The molecular weight excluding hydrogens is 347 g/mol. The molecule has 0 aliphatic carbocycles. The molecule has 2 aliphatic rings. The van der Waals surface area contributed by atoms with Gasteiger partial charge in [0.05, 0.1) is 0 Å². The number of hydrogen-bond donors (Lipinski definition) is 3. The number of halogens is 3. The first kappa shape index (κ1) is 17.0. The zero-order valence-corrected chi connectivity index (χ0v) is 13.8. The van der Waals surface area contributed by atoms with Crippen LogP contribution in [0, 0.1) is 0 Å². The lowest BCUT2D eigenvalue weighted by Gasteiger charge is -2.21. The highest BCUT2D eigenvalue weighted by molar-refractivity contribution is 5.94. The molecule has 3 N–H and O–H groups in total. The Bertz CT molecular complexity index is 801. The van der Waals surface area contributed by atoms with Crippen LogP contribution in [0.1, 0.15) is 35.3 Å². The second kappa shape index (κ2) is 6.35. The van der Waals surface area contributed by atoms with Gasteiger partial charge in [0.2, 0.25) is 0 Å². The maximum absolute atomic E-state index is 12.6. The predicted molar refractivity (Wildman–Crippen MR) is 88.1 cm³/mol. The predicted octanol–water partition coefficient (Wildman–Crippen LogP) is 3.45. The fraction of sp³-hybridized carbons (Fsp3) is 0.389. The van der Waals surface area contributed by atoms with E-state index in [9.17, 15) is 18.0 Å². The van der Waals surface area contributed by atoms with Crippen molar-refractivity contribution < 1.29 is 22.7 Å². The van der Waals surface area contributed by atoms with Gasteiger partial charge in [0.15, 0.2) is 5.88 Å². The fourth-order valence-corrected chi connectivity index (χ4v) is 3.64. The van der Waals surface area contributed by atoms with Crippen LogP contribution in [0.15, 0.2) is 36.4 Å². The van der Waals surface area contributed by atoms with Gasteiger partial charge >= 0.3 is 6.18 Å². The average Bonchev–Trinajstić information content (AvgIpc) is 3.31. The molecule has 3 heterocycles. The van der Waals surface area contributed by atoms with E-state index in [1.165, 1.54) is 6.07 Å². The molecule has 0 spiro atoms. The van der Waals surface area contributed by atoms with Gasteiger partial charge in [-0.15, -0.1) is 0 Å². The standard InChI is InChI=1S/C18H18F3N3O2/c19-18(20,21)15-7-8-16(24-15)26-12-4-1-10(2-5-12)17(25)23-14-9-11-3-6-13(14)22-11/h1-2,4-5,7-8,11,13-14,22,24H,3,6,9H2,(H,23,25). The van der Waals surface area contributed by atoms with Crippen LogP contribution in [0.2, 0.25) is 0 Å². The number of ether oxygens (including phenoxy) is 1. The normalized spacial score (nSPS) is 24.7. The quantitative estimate of drug-likeness (QED) is 0.778. The van der Waals surface area contributed by atoms with Crippen molar-refractivity contribution in [3.63, 3.8) is 0 Å². The van der Waals surface area contributed by atoms with E-state index in [0.717, 1.165) is 25.3 Å². The summed E-state index contributed by atoms with van der Waals surface area (Å²) in [6, 6.07) is 9.44.